The van der Waals surface area contributed by atoms with Gasteiger partial charge in [0.05, 0.1) is 0 Å². The molecule has 2 amide bonds. The Kier molecular flexibility index (Phi) is 6.85. The van der Waals surface area contributed by atoms with Crippen LogP contribution in [0.2, 0.25) is 0 Å². The summed E-state index contributed by atoms with van der Waals surface area (Å²) < 4.78 is 5.56. The Hall–Kier alpha value is -2.82. The first-order valence-corrected chi connectivity index (χ1v) is 9.59. The van der Waals surface area contributed by atoms with Gasteiger partial charge in [-0.1, -0.05) is 43.9 Å². The highest BCUT2D eigenvalue weighted by Gasteiger charge is 2.15. The summed E-state index contributed by atoms with van der Waals surface area (Å²) in [5.74, 6) is 0.360. The highest BCUT2D eigenvalue weighted by Crippen LogP contribution is 2.18. The van der Waals surface area contributed by atoms with Gasteiger partial charge in [-0.2, -0.15) is 0 Å². The number of nitrogens with one attached hydrogen (secondary N) is 2. The summed E-state index contributed by atoms with van der Waals surface area (Å²) in [7, 11) is 0. The van der Waals surface area contributed by atoms with Gasteiger partial charge >= 0.3 is 0 Å². The number of carbonyl (C=O) groups excluding carboxylic acids is 2. The summed E-state index contributed by atoms with van der Waals surface area (Å²) in [6, 6.07) is 16.4. The molecule has 0 heterocycles. The molecule has 142 valence electrons. The largest absolute Gasteiger partial charge is 0.484 e. The molecule has 1 aliphatic rings. The van der Waals surface area contributed by atoms with Crippen molar-refractivity contribution in [1.29, 1.82) is 0 Å². The quantitative estimate of drug-likeness (QED) is 0.755. The molecule has 2 aromatic rings. The highest BCUT2D eigenvalue weighted by atomic mass is 16.5. The fourth-order valence-corrected chi connectivity index (χ4v) is 3.27. The van der Waals surface area contributed by atoms with Crippen molar-refractivity contribution in [1.82, 2.24) is 5.32 Å². The second-order valence-electron chi connectivity index (χ2n) is 6.89. The van der Waals surface area contributed by atoms with E-state index in [2.05, 4.69) is 10.6 Å². The van der Waals surface area contributed by atoms with Gasteiger partial charge < -0.3 is 15.4 Å². The molecule has 1 fully saturated rings. The van der Waals surface area contributed by atoms with Crippen molar-refractivity contribution < 1.29 is 14.3 Å². The van der Waals surface area contributed by atoms with Crippen molar-refractivity contribution in [2.45, 2.75) is 44.6 Å². The van der Waals surface area contributed by atoms with Crippen LogP contribution < -0.4 is 15.4 Å². The first-order valence-electron chi connectivity index (χ1n) is 9.59. The summed E-state index contributed by atoms with van der Waals surface area (Å²) in [4.78, 5) is 24.2. The molecule has 0 bridgehead atoms. The van der Waals surface area contributed by atoms with E-state index in [0.29, 0.717) is 17.0 Å². The Morgan fingerprint density at radius 1 is 0.889 bits per heavy atom. The maximum atomic E-state index is 12.1. The molecular weight excluding hydrogens is 340 g/mol. The van der Waals surface area contributed by atoms with Crippen LogP contribution in [-0.2, 0) is 4.79 Å². The van der Waals surface area contributed by atoms with E-state index in [0.717, 1.165) is 12.8 Å². The Labute approximate surface area is 160 Å². The van der Waals surface area contributed by atoms with E-state index < -0.39 is 0 Å². The van der Waals surface area contributed by atoms with Gasteiger partial charge in [0.15, 0.2) is 6.61 Å². The molecule has 0 aromatic heterocycles. The lowest BCUT2D eigenvalue weighted by molar-refractivity contribution is -0.123. The van der Waals surface area contributed by atoms with E-state index in [1.165, 1.54) is 25.7 Å². The van der Waals surface area contributed by atoms with E-state index in [1.807, 2.05) is 18.2 Å². The van der Waals surface area contributed by atoms with E-state index in [-0.39, 0.29) is 24.5 Å². The van der Waals surface area contributed by atoms with Crippen LogP contribution in [0.4, 0.5) is 5.69 Å². The fraction of sp³-hybridized carbons (Fsp3) is 0.364. The van der Waals surface area contributed by atoms with Gasteiger partial charge in [0.25, 0.3) is 11.8 Å². The normalized spacial score (nSPS) is 14.8. The number of hydrogen-bond donors (Lipinski definition) is 2. The number of hydrogen-bond acceptors (Lipinski definition) is 3. The molecule has 0 radical (unpaired) electrons. The lowest BCUT2D eigenvalue weighted by atomic mass is 10.1. The molecule has 0 spiro atoms. The molecule has 5 heteroatoms. The molecule has 5 nitrogen and oxygen atoms in total. The summed E-state index contributed by atoms with van der Waals surface area (Å²) in [6.45, 7) is 0.00617. The van der Waals surface area contributed by atoms with Gasteiger partial charge in [-0.15, -0.1) is 0 Å². The van der Waals surface area contributed by atoms with Crippen LogP contribution in [0.5, 0.6) is 5.75 Å². The molecule has 0 atom stereocenters. The van der Waals surface area contributed by atoms with Gasteiger partial charge in [-0.3, -0.25) is 9.59 Å². The molecule has 3 rings (SSSR count). The minimum absolute atomic E-state index is 0.00617. The molecule has 1 saturated carbocycles. The first-order chi connectivity index (χ1) is 13.2. The maximum Gasteiger partial charge on any atom is 0.258 e. The van der Waals surface area contributed by atoms with Crippen LogP contribution in [0.3, 0.4) is 0 Å². The number of ether oxygens (including phenoxy) is 1. The van der Waals surface area contributed by atoms with E-state index in [4.69, 9.17) is 4.74 Å². The lowest BCUT2D eigenvalue weighted by Gasteiger charge is -2.16. The third-order valence-corrected chi connectivity index (χ3v) is 4.74. The molecule has 0 unspecified atom stereocenters. The lowest BCUT2D eigenvalue weighted by Crippen LogP contribution is -2.37. The Balaban J connectivity index is 1.44. The van der Waals surface area contributed by atoms with E-state index in [9.17, 15) is 9.59 Å². The van der Waals surface area contributed by atoms with Gasteiger partial charge in [0, 0.05) is 17.3 Å². The maximum absolute atomic E-state index is 12.1. The van der Waals surface area contributed by atoms with Crippen molar-refractivity contribution in [3.8, 4) is 5.75 Å². The van der Waals surface area contributed by atoms with Crippen LogP contribution in [0.15, 0.2) is 54.6 Å². The summed E-state index contributed by atoms with van der Waals surface area (Å²) in [6.07, 6.45) is 7.00. The highest BCUT2D eigenvalue weighted by molar-refractivity contribution is 6.04. The number of benzene rings is 2. The molecule has 0 saturated heterocycles. The predicted octanol–water partition coefficient (Wildman–Crippen LogP) is 4.16. The zero-order chi connectivity index (χ0) is 18.9. The molecular formula is C22H26N2O3. The van der Waals surface area contributed by atoms with Crippen LogP contribution in [0.25, 0.3) is 0 Å². The Bertz CT molecular complexity index is 736. The van der Waals surface area contributed by atoms with Crippen molar-refractivity contribution in [2.24, 2.45) is 0 Å². The average Bonchev–Trinajstić information content (AvgIpc) is 2.97. The summed E-state index contributed by atoms with van der Waals surface area (Å²) in [5, 5.41) is 5.90. The minimum Gasteiger partial charge on any atom is -0.484 e. The van der Waals surface area contributed by atoms with Crippen molar-refractivity contribution in [3.05, 3.63) is 60.2 Å². The van der Waals surface area contributed by atoms with Crippen molar-refractivity contribution in [3.63, 3.8) is 0 Å². The molecule has 1 aliphatic carbocycles. The van der Waals surface area contributed by atoms with Gasteiger partial charge in [-0.05, 0) is 49.2 Å². The predicted molar refractivity (Wildman–Crippen MR) is 106 cm³/mol. The van der Waals surface area contributed by atoms with Crippen LogP contribution in [0, 0.1) is 0 Å². The standard InChI is InChI=1S/C22H26N2O3/c25-21(23-18-10-6-1-2-7-11-18)16-27-20-14-12-19(13-15-20)24-22(26)17-8-4-3-5-9-17/h3-5,8-9,12-15,18H,1-2,6-7,10-11,16H2,(H,23,25)(H,24,26). The SMILES string of the molecule is O=C(COc1ccc(NC(=O)c2ccccc2)cc1)NC1CCCCCC1. The minimum atomic E-state index is -0.160. The second-order valence-corrected chi connectivity index (χ2v) is 6.89. The number of anilines is 1. The third kappa shape index (κ3) is 6.13. The van der Waals surface area contributed by atoms with E-state index in [1.54, 1.807) is 36.4 Å². The Morgan fingerprint density at radius 2 is 1.56 bits per heavy atom. The number of rotatable bonds is 6. The zero-order valence-corrected chi connectivity index (χ0v) is 15.4. The average molecular weight is 366 g/mol. The zero-order valence-electron chi connectivity index (χ0n) is 15.4. The number of amides is 2. The fourth-order valence-electron chi connectivity index (χ4n) is 3.27. The van der Waals surface area contributed by atoms with E-state index >= 15 is 0 Å². The van der Waals surface area contributed by atoms with Crippen LogP contribution in [0.1, 0.15) is 48.9 Å². The third-order valence-electron chi connectivity index (χ3n) is 4.74. The smallest absolute Gasteiger partial charge is 0.258 e. The topological polar surface area (TPSA) is 67.4 Å². The molecule has 0 aliphatic heterocycles. The molecule has 27 heavy (non-hydrogen) atoms. The summed E-state index contributed by atoms with van der Waals surface area (Å²) in [5.41, 5.74) is 1.28. The van der Waals surface area contributed by atoms with Crippen LogP contribution in [-0.4, -0.2) is 24.5 Å². The number of carbonyl (C=O) groups is 2. The van der Waals surface area contributed by atoms with Gasteiger partial charge in [0.2, 0.25) is 0 Å². The molecule has 2 N–H and O–H groups in total. The van der Waals surface area contributed by atoms with Gasteiger partial charge in [-0.25, -0.2) is 0 Å². The summed E-state index contributed by atoms with van der Waals surface area (Å²) >= 11 is 0. The second kappa shape index (κ2) is 9.76. The van der Waals surface area contributed by atoms with Crippen molar-refractivity contribution >= 4 is 17.5 Å². The monoisotopic (exact) mass is 366 g/mol. The molecule has 2 aromatic carbocycles. The van der Waals surface area contributed by atoms with Gasteiger partial charge in [0.1, 0.15) is 5.75 Å². The first kappa shape index (κ1) is 19.0. The van der Waals surface area contributed by atoms with Crippen LogP contribution >= 0.6 is 0 Å². The Morgan fingerprint density at radius 3 is 2.22 bits per heavy atom. The van der Waals surface area contributed by atoms with Crippen molar-refractivity contribution in [2.75, 3.05) is 11.9 Å².